The maximum atomic E-state index is 13.3. The minimum absolute atomic E-state index is 0.115. The van der Waals surface area contributed by atoms with E-state index in [9.17, 15) is 17.6 Å². The number of amides is 1. The largest absolute Gasteiger partial charge is 0.490 e. The third kappa shape index (κ3) is 5.73. The Morgan fingerprint density at radius 3 is 2.25 bits per heavy atom. The smallest absolute Gasteiger partial charge is 0.264 e. The number of hydrogen-bond donors (Lipinski definition) is 1. The Kier molecular flexibility index (Phi) is 7.27. The van der Waals surface area contributed by atoms with Crippen LogP contribution in [0.4, 0.5) is 15.8 Å². The lowest BCUT2D eigenvalue weighted by molar-refractivity contribution is -0.114. The molecule has 0 unspecified atom stereocenters. The number of ether oxygens (including phenoxy) is 1. The van der Waals surface area contributed by atoms with Gasteiger partial charge in [0.1, 0.15) is 24.7 Å². The maximum absolute atomic E-state index is 13.3. The SMILES string of the molecule is C=CCOc1ccc(NC(=O)CN(c2ccc(C)cc2)S(=O)(=O)c2ccc(F)cc2)cc1. The molecule has 1 N–H and O–H groups in total. The molecule has 3 rings (SSSR count). The van der Waals surface area contributed by atoms with Gasteiger partial charge in [-0.1, -0.05) is 30.4 Å². The van der Waals surface area contributed by atoms with Gasteiger partial charge >= 0.3 is 0 Å². The molecule has 0 aliphatic rings. The number of benzene rings is 3. The Bertz CT molecular complexity index is 1180. The molecule has 32 heavy (non-hydrogen) atoms. The van der Waals surface area contributed by atoms with Crippen LogP contribution in [0.1, 0.15) is 5.56 Å². The van der Waals surface area contributed by atoms with Crippen molar-refractivity contribution < 1.29 is 22.3 Å². The second-order valence-corrected chi connectivity index (χ2v) is 8.84. The first-order valence-corrected chi connectivity index (χ1v) is 11.2. The minimum Gasteiger partial charge on any atom is -0.490 e. The van der Waals surface area contributed by atoms with Gasteiger partial charge in [0.2, 0.25) is 5.91 Å². The molecule has 8 heteroatoms. The zero-order valence-corrected chi connectivity index (χ0v) is 18.3. The van der Waals surface area contributed by atoms with Crippen LogP contribution in [0.5, 0.6) is 5.75 Å². The average molecular weight is 455 g/mol. The summed E-state index contributed by atoms with van der Waals surface area (Å²) in [6, 6.07) is 17.9. The molecule has 0 aliphatic carbocycles. The van der Waals surface area contributed by atoms with Gasteiger partial charge in [0.15, 0.2) is 0 Å². The highest BCUT2D eigenvalue weighted by atomic mass is 32.2. The normalized spacial score (nSPS) is 10.9. The van der Waals surface area contributed by atoms with E-state index in [1.54, 1.807) is 54.6 Å². The van der Waals surface area contributed by atoms with Crippen molar-refractivity contribution in [3.8, 4) is 5.75 Å². The number of rotatable bonds is 9. The lowest BCUT2D eigenvalue weighted by Crippen LogP contribution is -2.38. The number of aryl methyl sites for hydroxylation is 1. The maximum Gasteiger partial charge on any atom is 0.264 e. The Morgan fingerprint density at radius 2 is 1.66 bits per heavy atom. The standard InChI is InChI=1S/C24H23FN2O4S/c1-3-16-31-22-12-8-20(9-13-22)26-24(28)17-27(21-10-4-18(2)5-11-21)32(29,30)23-14-6-19(25)7-15-23/h3-15H,1,16-17H2,2H3,(H,26,28). The summed E-state index contributed by atoms with van der Waals surface area (Å²) in [4.78, 5) is 12.6. The number of carbonyl (C=O) groups is 1. The monoisotopic (exact) mass is 454 g/mol. The van der Waals surface area contributed by atoms with Crippen LogP contribution >= 0.6 is 0 Å². The van der Waals surface area contributed by atoms with E-state index >= 15 is 0 Å². The summed E-state index contributed by atoms with van der Waals surface area (Å²) < 4.78 is 46.2. The van der Waals surface area contributed by atoms with Crippen molar-refractivity contribution in [1.29, 1.82) is 0 Å². The van der Waals surface area contributed by atoms with E-state index in [-0.39, 0.29) is 4.90 Å². The summed E-state index contributed by atoms with van der Waals surface area (Å²) in [5.74, 6) is -0.469. The van der Waals surface area contributed by atoms with Gasteiger partial charge in [0, 0.05) is 5.69 Å². The molecule has 0 radical (unpaired) electrons. The van der Waals surface area contributed by atoms with E-state index in [1.807, 2.05) is 6.92 Å². The summed E-state index contributed by atoms with van der Waals surface area (Å²) in [7, 11) is -4.11. The molecular weight excluding hydrogens is 431 g/mol. The predicted molar refractivity (Wildman–Crippen MR) is 123 cm³/mol. The molecule has 1 amide bonds. The van der Waals surface area contributed by atoms with Gasteiger partial charge in [-0.2, -0.15) is 0 Å². The Labute approximate surface area is 187 Å². The molecule has 0 fully saturated rings. The van der Waals surface area contributed by atoms with E-state index < -0.39 is 28.3 Å². The molecule has 0 saturated heterocycles. The van der Waals surface area contributed by atoms with E-state index in [0.717, 1.165) is 22.0 Å². The lowest BCUT2D eigenvalue weighted by atomic mass is 10.2. The van der Waals surface area contributed by atoms with E-state index in [2.05, 4.69) is 11.9 Å². The first kappa shape index (κ1) is 23.0. The van der Waals surface area contributed by atoms with E-state index in [1.165, 1.54) is 12.1 Å². The van der Waals surface area contributed by atoms with Crippen molar-refractivity contribution >= 4 is 27.3 Å². The Hall–Kier alpha value is -3.65. The van der Waals surface area contributed by atoms with Gasteiger partial charge in [-0.15, -0.1) is 0 Å². The average Bonchev–Trinajstić information content (AvgIpc) is 2.78. The number of halogens is 1. The fourth-order valence-electron chi connectivity index (χ4n) is 2.88. The molecule has 3 aromatic carbocycles. The highest BCUT2D eigenvalue weighted by Crippen LogP contribution is 2.25. The number of carbonyl (C=O) groups excluding carboxylic acids is 1. The van der Waals surface area contributed by atoms with Crippen LogP contribution in [0.3, 0.4) is 0 Å². The van der Waals surface area contributed by atoms with Crippen LogP contribution in [-0.4, -0.2) is 27.5 Å². The molecule has 0 heterocycles. The zero-order valence-electron chi connectivity index (χ0n) is 17.5. The molecule has 0 atom stereocenters. The fourth-order valence-corrected chi connectivity index (χ4v) is 4.30. The van der Waals surface area contributed by atoms with Gasteiger partial charge in [-0.3, -0.25) is 9.10 Å². The highest BCUT2D eigenvalue weighted by Gasteiger charge is 2.27. The van der Waals surface area contributed by atoms with E-state index in [0.29, 0.717) is 23.7 Å². The molecule has 0 aromatic heterocycles. The fraction of sp³-hybridized carbons (Fsp3) is 0.125. The molecule has 6 nitrogen and oxygen atoms in total. The summed E-state index contributed by atoms with van der Waals surface area (Å²) in [5, 5.41) is 2.69. The molecule has 0 aliphatic heterocycles. The number of sulfonamides is 1. The predicted octanol–water partition coefficient (Wildman–Crippen LogP) is 4.53. The van der Waals surface area contributed by atoms with Crippen LogP contribution < -0.4 is 14.4 Å². The first-order chi connectivity index (χ1) is 15.3. The van der Waals surface area contributed by atoms with Crippen molar-refractivity contribution in [2.75, 3.05) is 22.8 Å². The van der Waals surface area contributed by atoms with Gasteiger partial charge in [-0.25, -0.2) is 12.8 Å². The number of hydrogen-bond acceptors (Lipinski definition) is 4. The Balaban J connectivity index is 1.84. The van der Waals surface area contributed by atoms with Gasteiger partial charge < -0.3 is 10.1 Å². The summed E-state index contributed by atoms with van der Waals surface area (Å²) in [6.45, 7) is 5.35. The van der Waals surface area contributed by atoms with Crippen molar-refractivity contribution in [2.24, 2.45) is 0 Å². The number of nitrogens with one attached hydrogen (secondary N) is 1. The Morgan fingerprint density at radius 1 is 1.03 bits per heavy atom. The zero-order chi connectivity index (χ0) is 23.1. The molecule has 0 bridgehead atoms. The van der Waals surface area contributed by atoms with Crippen molar-refractivity contribution in [3.63, 3.8) is 0 Å². The molecular formula is C24H23FN2O4S. The first-order valence-electron chi connectivity index (χ1n) is 9.78. The second-order valence-electron chi connectivity index (χ2n) is 6.97. The molecule has 0 saturated carbocycles. The second kappa shape index (κ2) is 10.1. The topological polar surface area (TPSA) is 75.7 Å². The summed E-state index contributed by atoms with van der Waals surface area (Å²) >= 11 is 0. The summed E-state index contributed by atoms with van der Waals surface area (Å²) in [6.07, 6.45) is 1.62. The van der Waals surface area contributed by atoms with Gasteiger partial charge in [-0.05, 0) is 67.6 Å². The van der Waals surface area contributed by atoms with Crippen molar-refractivity contribution in [1.82, 2.24) is 0 Å². The van der Waals surface area contributed by atoms with Gasteiger partial charge in [0.25, 0.3) is 10.0 Å². The van der Waals surface area contributed by atoms with E-state index in [4.69, 9.17) is 4.74 Å². The highest BCUT2D eigenvalue weighted by molar-refractivity contribution is 7.92. The third-order valence-electron chi connectivity index (χ3n) is 4.52. The van der Waals surface area contributed by atoms with Crippen LogP contribution in [0.15, 0.2) is 90.3 Å². The van der Waals surface area contributed by atoms with Crippen LogP contribution in [0.25, 0.3) is 0 Å². The van der Waals surface area contributed by atoms with Crippen LogP contribution in [0, 0.1) is 12.7 Å². The summed E-state index contributed by atoms with van der Waals surface area (Å²) in [5.41, 5.74) is 1.75. The quantitative estimate of drug-likeness (QED) is 0.482. The molecule has 0 spiro atoms. The van der Waals surface area contributed by atoms with Crippen molar-refractivity contribution in [2.45, 2.75) is 11.8 Å². The molecule has 3 aromatic rings. The third-order valence-corrected chi connectivity index (χ3v) is 6.30. The number of anilines is 2. The van der Waals surface area contributed by atoms with Crippen molar-refractivity contribution in [3.05, 3.63) is 96.8 Å². The lowest BCUT2D eigenvalue weighted by Gasteiger charge is -2.24. The number of nitrogens with zero attached hydrogens (tertiary/aromatic N) is 1. The van der Waals surface area contributed by atoms with Gasteiger partial charge in [0.05, 0.1) is 10.6 Å². The van der Waals surface area contributed by atoms with Crippen LogP contribution in [0.2, 0.25) is 0 Å². The minimum atomic E-state index is -4.11. The van der Waals surface area contributed by atoms with Crippen LogP contribution in [-0.2, 0) is 14.8 Å². The molecule has 166 valence electrons.